The van der Waals surface area contributed by atoms with Gasteiger partial charge in [-0.3, -0.25) is 9.69 Å². The van der Waals surface area contributed by atoms with Crippen molar-refractivity contribution in [3.63, 3.8) is 0 Å². The Morgan fingerprint density at radius 2 is 1.73 bits per heavy atom. The monoisotopic (exact) mass is 380 g/mol. The number of nitrogens with zero attached hydrogens (tertiary/aromatic N) is 3. The summed E-state index contributed by atoms with van der Waals surface area (Å²) in [5.74, 6) is -0.285. The van der Waals surface area contributed by atoms with Gasteiger partial charge < -0.3 is 10.2 Å². The van der Waals surface area contributed by atoms with E-state index in [0.29, 0.717) is 6.54 Å². The molecule has 1 aliphatic carbocycles. The second kappa shape index (κ2) is 9.20. The van der Waals surface area contributed by atoms with E-state index in [1.165, 1.54) is 12.1 Å². The SMILES string of the molecule is Cl.N#CC1(NC(=O)CN2CCN(c3ccc(F)cc3)CC2)CCCCC1. The van der Waals surface area contributed by atoms with Crippen molar-refractivity contribution in [3.8, 4) is 6.07 Å². The van der Waals surface area contributed by atoms with Crippen molar-refractivity contribution in [2.75, 3.05) is 37.6 Å². The quantitative estimate of drug-likeness (QED) is 0.872. The molecule has 1 N–H and O–H groups in total. The molecule has 0 bridgehead atoms. The van der Waals surface area contributed by atoms with Crippen LogP contribution in [0, 0.1) is 17.1 Å². The van der Waals surface area contributed by atoms with E-state index in [1.54, 1.807) is 12.1 Å². The number of hydrogen-bond donors (Lipinski definition) is 1. The third-order valence-electron chi connectivity index (χ3n) is 5.23. The molecule has 3 rings (SSSR count). The molecule has 1 aromatic carbocycles. The fourth-order valence-electron chi connectivity index (χ4n) is 3.75. The topological polar surface area (TPSA) is 59.4 Å². The fraction of sp³-hybridized carbons (Fsp3) is 0.579. The van der Waals surface area contributed by atoms with Gasteiger partial charge in [0.15, 0.2) is 0 Å². The Morgan fingerprint density at radius 1 is 1.12 bits per heavy atom. The highest BCUT2D eigenvalue weighted by atomic mass is 35.5. The Labute approximate surface area is 160 Å². The maximum atomic E-state index is 13.0. The summed E-state index contributed by atoms with van der Waals surface area (Å²) in [6, 6.07) is 8.85. The molecule has 1 amide bonds. The summed E-state index contributed by atoms with van der Waals surface area (Å²) in [5, 5.41) is 12.4. The molecule has 1 saturated carbocycles. The van der Waals surface area contributed by atoms with Gasteiger partial charge in [-0.15, -0.1) is 12.4 Å². The molecular weight excluding hydrogens is 355 g/mol. The van der Waals surface area contributed by atoms with Gasteiger partial charge in [0, 0.05) is 31.9 Å². The van der Waals surface area contributed by atoms with E-state index in [-0.39, 0.29) is 24.1 Å². The van der Waals surface area contributed by atoms with Gasteiger partial charge in [0.05, 0.1) is 12.6 Å². The van der Waals surface area contributed by atoms with E-state index in [9.17, 15) is 14.4 Å². The number of amides is 1. The molecule has 0 aromatic heterocycles. The number of nitrogens with one attached hydrogen (secondary N) is 1. The Morgan fingerprint density at radius 3 is 2.31 bits per heavy atom. The Bertz CT molecular complexity index is 632. The minimum absolute atomic E-state index is 0. The molecule has 0 unspecified atom stereocenters. The Hall–Kier alpha value is -1.84. The summed E-state index contributed by atoms with van der Waals surface area (Å²) in [5.41, 5.74) is 0.349. The number of carbonyl (C=O) groups is 1. The third kappa shape index (κ3) is 5.09. The van der Waals surface area contributed by atoms with E-state index >= 15 is 0 Å². The van der Waals surface area contributed by atoms with E-state index in [1.807, 2.05) is 0 Å². The van der Waals surface area contributed by atoms with Crippen LogP contribution in [0.5, 0.6) is 0 Å². The maximum absolute atomic E-state index is 13.0. The molecule has 1 aliphatic heterocycles. The van der Waals surface area contributed by atoms with Gasteiger partial charge >= 0.3 is 0 Å². The zero-order chi connectivity index (χ0) is 17.7. The number of piperazine rings is 1. The largest absolute Gasteiger partial charge is 0.369 e. The van der Waals surface area contributed by atoms with Crippen LogP contribution in [-0.2, 0) is 4.79 Å². The normalized spacial score (nSPS) is 19.9. The number of rotatable bonds is 4. The molecule has 0 spiro atoms. The van der Waals surface area contributed by atoms with Gasteiger partial charge in [0.25, 0.3) is 0 Å². The van der Waals surface area contributed by atoms with Crippen LogP contribution < -0.4 is 10.2 Å². The van der Waals surface area contributed by atoms with Crippen LogP contribution in [0.25, 0.3) is 0 Å². The molecule has 2 aliphatic rings. The maximum Gasteiger partial charge on any atom is 0.235 e. The first-order valence-electron chi connectivity index (χ1n) is 9.05. The fourth-order valence-corrected chi connectivity index (χ4v) is 3.75. The summed E-state index contributed by atoms with van der Waals surface area (Å²) in [6.07, 6.45) is 4.67. The molecule has 1 saturated heterocycles. The molecule has 26 heavy (non-hydrogen) atoms. The van der Waals surface area contributed by atoms with Crippen molar-refractivity contribution in [2.45, 2.75) is 37.6 Å². The predicted octanol–water partition coefficient (Wildman–Crippen LogP) is 2.71. The molecule has 5 nitrogen and oxygen atoms in total. The Kier molecular flexibility index (Phi) is 7.24. The van der Waals surface area contributed by atoms with Crippen molar-refractivity contribution in [1.82, 2.24) is 10.2 Å². The number of nitriles is 1. The van der Waals surface area contributed by atoms with Crippen molar-refractivity contribution < 1.29 is 9.18 Å². The molecule has 1 heterocycles. The second-order valence-electron chi connectivity index (χ2n) is 7.04. The molecule has 142 valence electrons. The first-order chi connectivity index (χ1) is 12.1. The lowest BCUT2D eigenvalue weighted by molar-refractivity contribution is -0.124. The number of anilines is 1. The minimum Gasteiger partial charge on any atom is -0.369 e. The van der Waals surface area contributed by atoms with Gasteiger partial charge in [0.1, 0.15) is 11.4 Å². The van der Waals surface area contributed by atoms with Crippen LogP contribution in [0.4, 0.5) is 10.1 Å². The van der Waals surface area contributed by atoms with Crippen molar-refractivity contribution in [1.29, 1.82) is 5.26 Å². The number of halogens is 2. The highest BCUT2D eigenvalue weighted by Crippen LogP contribution is 2.27. The molecular formula is C19H26ClFN4O. The van der Waals surface area contributed by atoms with E-state index in [2.05, 4.69) is 21.2 Å². The summed E-state index contributed by atoms with van der Waals surface area (Å²) in [4.78, 5) is 16.7. The lowest BCUT2D eigenvalue weighted by atomic mass is 9.83. The summed E-state index contributed by atoms with van der Waals surface area (Å²) >= 11 is 0. The lowest BCUT2D eigenvalue weighted by Crippen LogP contribution is -2.54. The van der Waals surface area contributed by atoms with Gasteiger partial charge in [-0.1, -0.05) is 19.3 Å². The van der Waals surface area contributed by atoms with Crippen molar-refractivity contribution in [3.05, 3.63) is 30.1 Å². The molecule has 0 radical (unpaired) electrons. The zero-order valence-electron chi connectivity index (χ0n) is 14.9. The van der Waals surface area contributed by atoms with E-state index < -0.39 is 5.54 Å². The summed E-state index contributed by atoms with van der Waals surface area (Å²) in [7, 11) is 0. The predicted molar refractivity (Wildman–Crippen MR) is 102 cm³/mol. The summed E-state index contributed by atoms with van der Waals surface area (Å²) < 4.78 is 13.0. The van der Waals surface area contributed by atoms with Crippen LogP contribution in [0.2, 0.25) is 0 Å². The van der Waals surface area contributed by atoms with Crippen molar-refractivity contribution >= 4 is 24.0 Å². The zero-order valence-corrected chi connectivity index (χ0v) is 15.7. The van der Waals surface area contributed by atoms with Gasteiger partial charge in [0.2, 0.25) is 5.91 Å². The lowest BCUT2D eigenvalue weighted by Gasteiger charge is -2.37. The molecule has 2 fully saturated rings. The van der Waals surface area contributed by atoms with Crippen LogP contribution in [0.1, 0.15) is 32.1 Å². The van der Waals surface area contributed by atoms with Crippen LogP contribution in [0.15, 0.2) is 24.3 Å². The minimum atomic E-state index is -0.661. The standard InChI is InChI=1S/C19H25FN4O.ClH/c20-16-4-6-17(7-5-16)24-12-10-23(11-13-24)14-18(25)22-19(15-21)8-2-1-3-9-19;/h4-7H,1-3,8-14H2,(H,22,25);1H. The average Bonchev–Trinajstić information content (AvgIpc) is 2.64. The first-order valence-corrected chi connectivity index (χ1v) is 9.05. The van der Waals surface area contributed by atoms with Crippen LogP contribution in [-0.4, -0.2) is 49.1 Å². The van der Waals surface area contributed by atoms with Crippen LogP contribution in [0.3, 0.4) is 0 Å². The first kappa shape index (κ1) is 20.5. The second-order valence-corrected chi connectivity index (χ2v) is 7.04. The van der Waals surface area contributed by atoms with Gasteiger partial charge in [-0.05, 0) is 37.1 Å². The third-order valence-corrected chi connectivity index (χ3v) is 5.23. The van der Waals surface area contributed by atoms with E-state index in [4.69, 9.17) is 0 Å². The molecule has 1 aromatic rings. The molecule has 7 heteroatoms. The van der Waals surface area contributed by atoms with Gasteiger partial charge in [-0.25, -0.2) is 4.39 Å². The number of carbonyl (C=O) groups excluding carboxylic acids is 1. The summed E-state index contributed by atoms with van der Waals surface area (Å²) in [6.45, 7) is 3.51. The smallest absolute Gasteiger partial charge is 0.235 e. The Balaban J connectivity index is 0.00000243. The highest BCUT2D eigenvalue weighted by molar-refractivity contribution is 5.85. The average molecular weight is 381 g/mol. The number of benzene rings is 1. The molecule has 0 atom stereocenters. The number of hydrogen-bond acceptors (Lipinski definition) is 4. The highest BCUT2D eigenvalue weighted by Gasteiger charge is 2.34. The van der Waals surface area contributed by atoms with Crippen LogP contribution >= 0.6 is 12.4 Å². The van der Waals surface area contributed by atoms with E-state index in [0.717, 1.165) is 64.0 Å². The van der Waals surface area contributed by atoms with Crippen molar-refractivity contribution in [2.24, 2.45) is 0 Å². The van der Waals surface area contributed by atoms with Gasteiger partial charge in [-0.2, -0.15) is 5.26 Å².